The van der Waals surface area contributed by atoms with Crippen molar-refractivity contribution in [2.24, 2.45) is 5.16 Å². The zero-order chi connectivity index (χ0) is 19.7. The highest BCUT2D eigenvalue weighted by Gasteiger charge is 2.29. The summed E-state index contributed by atoms with van der Waals surface area (Å²) in [5.41, 5.74) is 3.30. The average Bonchev–Trinajstić information content (AvgIpc) is 3.14. The highest BCUT2D eigenvalue weighted by atomic mass is 35.5. The van der Waals surface area contributed by atoms with E-state index in [4.69, 9.17) is 21.2 Å². The van der Waals surface area contributed by atoms with Gasteiger partial charge in [-0.1, -0.05) is 28.9 Å². The summed E-state index contributed by atoms with van der Waals surface area (Å²) in [6.45, 7) is 3.84. The number of benzene rings is 1. The van der Waals surface area contributed by atoms with Gasteiger partial charge in [-0.2, -0.15) is 5.10 Å². The Hall–Kier alpha value is -2.93. The van der Waals surface area contributed by atoms with E-state index in [-0.39, 0.29) is 12.0 Å². The van der Waals surface area contributed by atoms with E-state index in [0.717, 1.165) is 11.3 Å². The van der Waals surface area contributed by atoms with Gasteiger partial charge in [0, 0.05) is 17.4 Å². The SMILES string of the molecule is COc1nc(C2=NOC(C)C(c3cccc(Cl)c3)C2)ccc1-n1cnc(C)n1. The van der Waals surface area contributed by atoms with Crippen LogP contribution in [-0.2, 0) is 4.84 Å². The van der Waals surface area contributed by atoms with Gasteiger partial charge in [-0.15, -0.1) is 0 Å². The first-order valence-electron chi connectivity index (χ1n) is 8.97. The lowest BCUT2D eigenvalue weighted by molar-refractivity contribution is 0.0420. The molecule has 2 aromatic heterocycles. The molecule has 1 aliphatic rings. The Morgan fingerprint density at radius 1 is 1.25 bits per heavy atom. The van der Waals surface area contributed by atoms with E-state index in [9.17, 15) is 0 Å². The van der Waals surface area contributed by atoms with Crippen LogP contribution in [0, 0.1) is 6.92 Å². The van der Waals surface area contributed by atoms with Crippen LogP contribution < -0.4 is 4.74 Å². The first-order valence-corrected chi connectivity index (χ1v) is 9.35. The average molecular weight is 398 g/mol. The van der Waals surface area contributed by atoms with Crippen molar-refractivity contribution in [2.45, 2.75) is 32.3 Å². The predicted octanol–water partition coefficient (Wildman–Crippen LogP) is 3.93. The van der Waals surface area contributed by atoms with E-state index < -0.39 is 0 Å². The van der Waals surface area contributed by atoms with Crippen molar-refractivity contribution < 1.29 is 9.57 Å². The largest absolute Gasteiger partial charge is 0.479 e. The van der Waals surface area contributed by atoms with Crippen molar-refractivity contribution in [1.82, 2.24) is 19.7 Å². The summed E-state index contributed by atoms with van der Waals surface area (Å²) in [7, 11) is 1.58. The third-order valence-electron chi connectivity index (χ3n) is 4.77. The van der Waals surface area contributed by atoms with Gasteiger partial charge in [-0.25, -0.2) is 14.6 Å². The van der Waals surface area contributed by atoms with E-state index in [2.05, 4.69) is 26.3 Å². The number of rotatable bonds is 4. The van der Waals surface area contributed by atoms with E-state index in [1.165, 1.54) is 0 Å². The molecule has 2 atom stereocenters. The molecule has 8 heteroatoms. The van der Waals surface area contributed by atoms with Gasteiger partial charge in [0.15, 0.2) is 0 Å². The van der Waals surface area contributed by atoms with Gasteiger partial charge in [-0.05, 0) is 43.7 Å². The predicted molar refractivity (Wildman–Crippen MR) is 106 cm³/mol. The molecule has 4 rings (SSSR count). The van der Waals surface area contributed by atoms with Crippen LogP contribution in [0.1, 0.15) is 36.3 Å². The van der Waals surface area contributed by atoms with Crippen LogP contribution in [0.15, 0.2) is 47.9 Å². The number of hydrogen-bond acceptors (Lipinski definition) is 6. The number of methoxy groups -OCH3 is 1. The highest BCUT2D eigenvalue weighted by Crippen LogP contribution is 2.33. The van der Waals surface area contributed by atoms with Crippen LogP contribution in [0.25, 0.3) is 5.69 Å². The summed E-state index contributed by atoms with van der Waals surface area (Å²) in [4.78, 5) is 14.5. The standard InChI is InChI=1S/C20H20ClN5O2/c1-12-16(14-5-4-6-15(21)9-14)10-18(25-28-12)17-7-8-19(20(23-17)27-3)26-11-22-13(2)24-26/h4-9,11-12,16H,10H2,1-3H3. The number of nitrogens with zero attached hydrogens (tertiary/aromatic N) is 5. The minimum absolute atomic E-state index is 0.0542. The van der Waals surface area contributed by atoms with E-state index in [1.54, 1.807) is 18.1 Å². The number of pyridine rings is 1. The number of aryl methyl sites for hydroxylation is 1. The summed E-state index contributed by atoms with van der Waals surface area (Å²) in [5, 5.41) is 9.32. The van der Waals surface area contributed by atoms with Gasteiger partial charge in [0.2, 0.25) is 5.88 Å². The number of halogens is 1. The third-order valence-corrected chi connectivity index (χ3v) is 5.00. The van der Waals surface area contributed by atoms with Crippen molar-refractivity contribution >= 4 is 17.3 Å². The van der Waals surface area contributed by atoms with Crippen molar-refractivity contribution in [1.29, 1.82) is 0 Å². The minimum Gasteiger partial charge on any atom is -0.479 e. The molecule has 0 spiro atoms. The Morgan fingerprint density at radius 2 is 2.11 bits per heavy atom. The molecular weight excluding hydrogens is 378 g/mol. The summed E-state index contributed by atoms with van der Waals surface area (Å²) < 4.78 is 7.12. The summed E-state index contributed by atoms with van der Waals surface area (Å²) >= 11 is 6.17. The fraction of sp³-hybridized carbons (Fsp3) is 0.300. The molecule has 3 heterocycles. The molecule has 7 nitrogen and oxygen atoms in total. The second-order valence-corrected chi connectivity index (χ2v) is 7.11. The first kappa shape index (κ1) is 18.4. The molecule has 0 aliphatic carbocycles. The second-order valence-electron chi connectivity index (χ2n) is 6.68. The Labute approximate surface area is 168 Å². The molecule has 0 amide bonds. The van der Waals surface area contributed by atoms with Crippen LogP contribution in [0.4, 0.5) is 0 Å². The fourth-order valence-electron chi connectivity index (χ4n) is 3.29. The molecule has 1 aliphatic heterocycles. The van der Waals surface area contributed by atoms with Crippen LogP contribution in [0.2, 0.25) is 5.02 Å². The lowest BCUT2D eigenvalue weighted by Crippen LogP contribution is -2.26. The lowest BCUT2D eigenvalue weighted by atomic mass is 9.87. The quantitative estimate of drug-likeness (QED) is 0.666. The zero-order valence-corrected chi connectivity index (χ0v) is 16.6. The number of ether oxygens (including phenoxy) is 1. The smallest absolute Gasteiger partial charge is 0.240 e. The topological polar surface area (TPSA) is 74.4 Å². The normalized spacial score (nSPS) is 19.1. The highest BCUT2D eigenvalue weighted by molar-refractivity contribution is 6.30. The summed E-state index contributed by atoms with van der Waals surface area (Å²) in [6, 6.07) is 11.6. The summed E-state index contributed by atoms with van der Waals surface area (Å²) in [6.07, 6.45) is 2.27. The number of oxime groups is 1. The third kappa shape index (κ3) is 3.57. The van der Waals surface area contributed by atoms with Gasteiger partial charge in [0.05, 0.1) is 12.8 Å². The second kappa shape index (κ2) is 7.59. The van der Waals surface area contributed by atoms with Gasteiger partial charge >= 0.3 is 0 Å². The van der Waals surface area contributed by atoms with E-state index in [0.29, 0.717) is 34.5 Å². The molecule has 2 unspecified atom stereocenters. The maximum Gasteiger partial charge on any atom is 0.240 e. The van der Waals surface area contributed by atoms with Crippen molar-refractivity contribution in [2.75, 3.05) is 7.11 Å². The molecule has 28 heavy (non-hydrogen) atoms. The molecule has 1 aromatic carbocycles. The first-order chi connectivity index (χ1) is 13.5. The molecular formula is C20H20ClN5O2. The Morgan fingerprint density at radius 3 is 2.82 bits per heavy atom. The number of aromatic nitrogens is 4. The van der Waals surface area contributed by atoms with Crippen LogP contribution in [-0.4, -0.2) is 38.7 Å². The molecule has 0 radical (unpaired) electrons. The van der Waals surface area contributed by atoms with Crippen molar-refractivity contribution in [3.63, 3.8) is 0 Å². The van der Waals surface area contributed by atoms with Crippen LogP contribution in [0.3, 0.4) is 0 Å². The van der Waals surface area contributed by atoms with Gasteiger partial charge in [-0.3, -0.25) is 0 Å². The van der Waals surface area contributed by atoms with Crippen molar-refractivity contribution in [3.8, 4) is 11.6 Å². The fourth-order valence-corrected chi connectivity index (χ4v) is 3.49. The lowest BCUT2D eigenvalue weighted by Gasteiger charge is -2.28. The van der Waals surface area contributed by atoms with Crippen molar-refractivity contribution in [3.05, 3.63) is 64.8 Å². The molecule has 3 aromatic rings. The Bertz CT molecular complexity index is 1030. The van der Waals surface area contributed by atoms with E-state index in [1.807, 2.05) is 44.2 Å². The Balaban J connectivity index is 1.65. The zero-order valence-electron chi connectivity index (χ0n) is 15.8. The van der Waals surface area contributed by atoms with Gasteiger partial charge in [0.25, 0.3) is 0 Å². The molecule has 0 bridgehead atoms. The summed E-state index contributed by atoms with van der Waals surface area (Å²) in [5.74, 6) is 1.26. The van der Waals surface area contributed by atoms with Gasteiger partial charge in [0.1, 0.15) is 29.7 Å². The monoisotopic (exact) mass is 397 g/mol. The minimum atomic E-state index is -0.0542. The maximum absolute atomic E-state index is 6.17. The molecule has 0 saturated heterocycles. The molecule has 0 N–H and O–H groups in total. The van der Waals surface area contributed by atoms with Crippen LogP contribution in [0.5, 0.6) is 5.88 Å². The van der Waals surface area contributed by atoms with E-state index >= 15 is 0 Å². The number of hydrogen-bond donors (Lipinski definition) is 0. The molecule has 144 valence electrons. The molecule has 0 saturated carbocycles. The molecule has 0 fully saturated rings. The van der Waals surface area contributed by atoms with Crippen LogP contribution >= 0.6 is 11.6 Å². The van der Waals surface area contributed by atoms with Gasteiger partial charge < -0.3 is 9.57 Å². The maximum atomic E-state index is 6.17. The Kier molecular flexibility index (Phi) is 5.00.